The van der Waals surface area contributed by atoms with Crippen LogP contribution in [0.4, 0.5) is 0 Å². The van der Waals surface area contributed by atoms with Crippen LogP contribution in [0, 0.1) is 0 Å². The van der Waals surface area contributed by atoms with Crippen molar-refractivity contribution in [3.63, 3.8) is 0 Å². The van der Waals surface area contributed by atoms with E-state index in [0.29, 0.717) is 26.3 Å². The van der Waals surface area contributed by atoms with E-state index in [2.05, 4.69) is 0 Å². The van der Waals surface area contributed by atoms with Crippen LogP contribution in [-0.4, -0.2) is 87.4 Å². The van der Waals surface area contributed by atoms with Crippen LogP contribution in [0.5, 0.6) is 0 Å². The summed E-state index contributed by atoms with van der Waals surface area (Å²) in [6.45, 7) is 2.79. The van der Waals surface area contributed by atoms with E-state index in [-0.39, 0.29) is 37.1 Å². The van der Waals surface area contributed by atoms with Gasteiger partial charge in [-0.25, -0.2) is 0 Å². The Hall–Kier alpha value is -1.18. The minimum absolute atomic E-state index is 0.000408. The third kappa shape index (κ3) is 4.18. The molecular weight excluding hydrogens is 288 g/mol. The molecule has 0 saturated carbocycles. The van der Waals surface area contributed by atoms with Gasteiger partial charge in [-0.1, -0.05) is 0 Å². The summed E-state index contributed by atoms with van der Waals surface area (Å²) in [6, 6.07) is 0.241. The quantitative estimate of drug-likeness (QED) is 0.684. The summed E-state index contributed by atoms with van der Waals surface area (Å²) < 4.78 is 15.3. The smallest absolute Gasteiger partial charge is 0.249 e. The highest BCUT2D eigenvalue weighted by molar-refractivity contribution is 5.79. The van der Waals surface area contributed by atoms with Crippen LogP contribution < -0.4 is 0 Å². The van der Waals surface area contributed by atoms with Gasteiger partial charge < -0.3 is 24.0 Å². The molecule has 2 aliphatic heterocycles. The number of rotatable bonds is 6. The molecule has 7 nitrogen and oxygen atoms in total. The van der Waals surface area contributed by atoms with Gasteiger partial charge in [-0.3, -0.25) is 9.59 Å². The minimum Gasteiger partial charge on any atom is -0.381 e. The second-order valence-electron chi connectivity index (χ2n) is 5.79. The summed E-state index contributed by atoms with van der Waals surface area (Å²) in [5, 5.41) is 0. The Bertz CT molecular complexity index is 384. The number of hydrogen-bond donors (Lipinski definition) is 0. The Balaban J connectivity index is 2.02. The van der Waals surface area contributed by atoms with Crippen LogP contribution in [0.1, 0.15) is 19.3 Å². The topological polar surface area (TPSA) is 68.3 Å². The van der Waals surface area contributed by atoms with Gasteiger partial charge in [0.1, 0.15) is 13.2 Å². The second kappa shape index (κ2) is 8.45. The van der Waals surface area contributed by atoms with Gasteiger partial charge in [0.05, 0.1) is 6.04 Å². The fraction of sp³-hybridized carbons (Fsp3) is 0.867. The molecule has 126 valence electrons. The Morgan fingerprint density at radius 1 is 1.09 bits per heavy atom. The fourth-order valence-electron chi connectivity index (χ4n) is 3.28. The largest absolute Gasteiger partial charge is 0.381 e. The molecule has 2 saturated heterocycles. The number of carbonyl (C=O) groups is 2. The molecule has 2 amide bonds. The lowest BCUT2D eigenvalue weighted by Gasteiger charge is -2.38. The van der Waals surface area contributed by atoms with Gasteiger partial charge in [0, 0.05) is 46.6 Å². The second-order valence-corrected chi connectivity index (χ2v) is 5.79. The van der Waals surface area contributed by atoms with Crippen molar-refractivity contribution < 1.29 is 23.8 Å². The standard InChI is InChI=1S/C15H26N2O5/c1-20-10-14(18)16-6-3-13(9-16)17(15(19)11-21-2)12-4-7-22-8-5-12/h12-13H,3-11H2,1-2H3. The van der Waals surface area contributed by atoms with E-state index < -0.39 is 0 Å². The molecule has 0 spiro atoms. The molecular formula is C15H26N2O5. The Kier molecular flexibility index (Phi) is 6.60. The molecule has 0 aliphatic carbocycles. The number of likely N-dealkylation sites (tertiary alicyclic amines) is 1. The number of methoxy groups -OCH3 is 2. The lowest BCUT2D eigenvalue weighted by molar-refractivity contribution is -0.143. The third-order valence-electron chi connectivity index (χ3n) is 4.32. The molecule has 0 N–H and O–H groups in total. The number of nitrogens with zero attached hydrogens (tertiary/aromatic N) is 2. The maximum Gasteiger partial charge on any atom is 0.249 e. The normalized spacial score (nSPS) is 22.8. The monoisotopic (exact) mass is 314 g/mol. The van der Waals surface area contributed by atoms with Gasteiger partial charge in [0.25, 0.3) is 0 Å². The van der Waals surface area contributed by atoms with Crippen LogP contribution in [0.25, 0.3) is 0 Å². The maximum absolute atomic E-state index is 12.5. The molecule has 22 heavy (non-hydrogen) atoms. The first-order chi connectivity index (χ1) is 10.7. The summed E-state index contributed by atoms with van der Waals surface area (Å²) in [6.07, 6.45) is 2.50. The average molecular weight is 314 g/mol. The molecule has 2 aliphatic rings. The van der Waals surface area contributed by atoms with Gasteiger partial charge in [-0.15, -0.1) is 0 Å². The highest BCUT2D eigenvalue weighted by Gasteiger charge is 2.37. The molecule has 1 unspecified atom stereocenters. The maximum atomic E-state index is 12.5. The van der Waals surface area contributed by atoms with Crippen LogP contribution in [-0.2, 0) is 23.8 Å². The number of ether oxygens (including phenoxy) is 3. The molecule has 2 fully saturated rings. The molecule has 0 aromatic rings. The molecule has 2 rings (SSSR count). The first-order valence-corrected chi connectivity index (χ1v) is 7.82. The van der Waals surface area contributed by atoms with Crippen LogP contribution >= 0.6 is 0 Å². The van der Waals surface area contributed by atoms with E-state index in [4.69, 9.17) is 14.2 Å². The Morgan fingerprint density at radius 3 is 2.41 bits per heavy atom. The van der Waals surface area contributed by atoms with Gasteiger partial charge in [0.2, 0.25) is 11.8 Å². The van der Waals surface area contributed by atoms with E-state index in [1.54, 1.807) is 4.90 Å². The number of amides is 2. The number of hydrogen-bond acceptors (Lipinski definition) is 5. The highest BCUT2D eigenvalue weighted by atomic mass is 16.5. The molecule has 0 aromatic heterocycles. The molecule has 1 atom stereocenters. The van der Waals surface area contributed by atoms with Crippen molar-refractivity contribution in [2.45, 2.75) is 31.3 Å². The van der Waals surface area contributed by atoms with E-state index in [0.717, 1.165) is 19.3 Å². The number of carbonyl (C=O) groups excluding carboxylic acids is 2. The summed E-state index contributed by atoms with van der Waals surface area (Å²) in [4.78, 5) is 28.1. The summed E-state index contributed by atoms with van der Waals surface area (Å²) in [5.41, 5.74) is 0. The average Bonchev–Trinajstić information content (AvgIpc) is 2.99. The highest BCUT2D eigenvalue weighted by Crippen LogP contribution is 2.23. The first-order valence-electron chi connectivity index (χ1n) is 7.82. The summed E-state index contributed by atoms with van der Waals surface area (Å²) in [7, 11) is 3.05. The van der Waals surface area contributed by atoms with Crippen molar-refractivity contribution in [1.29, 1.82) is 0 Å². The third-order valence-corrected chi connectivity index (χ3v) is 4.32. The van der Waals surface area contributed by atoms with Crippen molar-refractivity contribution in [2.24, 2.45) is 0 Å². The molecule has 0 aromatic carbocycles. The van der Waals surface area contributed by atoms with Gasteiger partial charge in [-0.05, 0) is 19.3 Å². The molecule has 2 heterocycles. The SMILES string of the molecule is COCC(=O)N1CCC(N(C(=O)COC)C2CCOCC2)C1. The summed E-state index contributed by atoms with van der Waals surface area (Å²) >= 11 is 0. The van der Waals surface area contributed by atoms with E-state index in [9.17, 15) is 9.59 Å². The zero-order valence-electron chi connectivity index (χ0n) is 13.5. The van der Waals surface area contributed by atoms with Crippen molar-refractivity contribution in [3.8, 4) is 0 Å². The van der Waals surface area contributed by atoms with Crippen molar-refractivity contribution in [1.82, 2.24) is 9.80 Å². The van der Waals surface area contributed by atoms with Crippen LogP contribution in [0.15, 0.2) is 0 Å². The van der Waals surface area contributed by atoms with Gasteiger partial charge >= 0.3 is 0 Å². The molecule has 7 heteroatoms. The zero-order chi connectivity index (χ0) is 15.9. The Labute approximate surface area is 131 Å². The van der Waals surface area contributed by atoms with Gasteiger partial charge in [0.15, 0.2) is 0 Å². The molecule has 0 bridgehead atoms. The van der Waals surface area contributed by atoms with Crippen molar-refractivity contribution >= 4 is 11.8 Å². The van der Waals surface area contributed by atoms with E-state index in [1.165, 1.54) is 14.2 Å². The lowest BCUT2D eigenvalue weighted by Crippen LogP contribution is -2.51. The lowest BCUT2D eigenvalue weighted by atomic mass is 10.0. The summed E-state index contributed by atoms with van der Waals surface area (Å²) in [5.74, 6) is -0.0171. The predicted molar refractivity (Wildman–Crippen MR) is 79.4 cm³/mol. The van der Waals surface area contributed by atoms with Crippen molar-refractivity contribution in [2.75, 3.05) is 53.7 Å². The zero-order valence-corrected chi connectivity index (χ0v) is 13.5. The van der Waals surface area contributed by atoms with Crippen LogP contribution in [0.3, 0.4) is 0 Å². The first kappa shape index (κ1) is 17.2. The van der Waals surface area contributed by atoms with E-state index in [1.807, 2.05) is 4.90 Å². The Morgan fingerprint density at radius 2 is 1.77 bits per heavy atom. The fourth-order valence-corrected chi connectivity index (χ4v) is 3.28. The predicted octanol–water partition coefficient (Wildman–Crippen LogP) is -0.112. The van der Waals surface area contributed by atoms with Crippen LogP contribution in [0.2, 0.25) is 0 Å². The molecule has 0 radical (unpaired) electrons. The van der Waals surface area contributed by atoms with E-state index >= 15 is 0 Å². The van der Waals surface area contributed by atoms with Gasteiger partial charge in [-0.2, -0.15) is 0 Å². The minimum atomic E-state index is -0.0175. The van der Waals surface area contributed by atoms with Crippen molar-refractivity contribution in [3.05, 3.63) is 0 Å².